The second-order valence-corrected chi connectivity index (χ2v) is 10.6. The molecule has 0 bridgehead atoms. The van der Waals surface area contributed by atoms with E-state index in [0.717, 1.165) is 12.1 Å². The molecule has 1 amide bonds. The maximum Gasteiger partial charge on any atom is 0.416 e. The highest BCUT2D eigenvalue weighted by Crippen LogP contribution is 2.33. The average Bonchev–Trinajstić information content (AvgIpc) is 3.38. The number of alkyl halides is 3. The van der Waals surface area contributed by atoms with Crippen LogP contribution in [0.2, 0.25) is 10.0 Å². The van der Waals surface area contributed by atoms with E-state index in [4.69, 9.17) is 23.2 Å². The van der Waals surface area contributed by atoms with Crippen molar-refractivity contribution in [3.05, 3.63) is 81.2 Å². The third-order valence-corrected chi connectivity index (χ3v) is 8.42. The highest BCUT2D eigenvalue weighted by Gasteiger charge is 2.33. The Balaban J connectivity index is 1.50. The molecule has 0 saturated carbocycles. The van der Waals surface area contributed by atoms with E-state index in [-0.39, 0.29) is 40.6 Å². The average molecular weight is 568 g/mol. The van der Waals surface area contributed by atoms with Gasteiger partial charge in [-0.05, 0) is 36.2 Å². The molecule has 37 heavy (non-hydrogen) atoms. The Morgan fingerprint density at radius 1 is 1.22 bits per heavy atom. The highest BCUT2D eigenvalue weighted by atomic mass is 35.5. The molecule has 2 aromatic carbocycles. The Hall–Kier alpha value is -3.20. The molecule has 4 rings (SSSR count). The highest BCUT2D eigenvalue weighted by molar-refractivity contribution is 7.85. The van der Waals surface area contributed by atoms with Gasteiger partial charge in [0.05, 0.1) is 36.6 Å². The molecule has 7 nitrogen and oxygen atoms in total. The SMILES string of the molecule is N#Cc1ncc(C(=O)NCc2ccc(C(F)(F)F)cc2)c(N2CC[C@H](S(=O)c3cccc(Cl)c3Cl)C2)n1. The van der Waals surface area contributed by atoms with E-state index < -0.39 is 28.4 Å². The Labute approximate surface area is 222 Å². The summed E-state index contributed by atoms with van der Waals surface area (Å²) in [6, 6.07) is 11.2. The fraction of sp³-hybridized carbons (Fsp3) is 0.250. The topological polar surface area (TPSA) is 99.0 Å². The van der Waals surface area contributed by atoms with Crippen molar-refractivity contribution in [1.29, 1.82) is 5.26 Å². The van der Waals surface area contributed by atoms with Gasteiger partial charge >= 0.3 is 6.18 Å². The van der Waals surface area contributed by atoms with Crippen LogP contribution in [-0.2, 0) is 23.5 Å². The number of nitrogens with one attached hydrogen (secondary N) is 1. The van der Waals surface area contributed by atoms with Crippen LogP contribution in [0.4, 0.5) is 19.0 Å². The summed E-state index contributed by atoms with van der Waals surface area (Å²) in [7, 11) is -1.48. The van der Waals surface area contributed by atoms with Crippen molar-refractivity contribution < 1.29 is 22.2 Å². The Morgan fingerprint density at radius 2 is 1.95 bits per heavy atom. The normalized spacial score (nSPS) is 16.3. The summed E-state index contributed by atoms with van der Waals surface area (Å²) < 4.78 is 51.5. The van der Waals surface area contributed by atoms with Crippen LogP contribution < -0.4 is 10.2 Å². The predicted octanol–water partition coefficient (Wildman–Crippen LogP) is 4.99. The number of anilines is 1. The number of amides is 1. The molecule has 0 radical (unpaired) electrons. The summed E-state index contributed by atoms with van der Waals surface area (Å²) in [6.45, 7) is 0.655. The first-order valence-corrected chi connectivity index (χ1v) is 12.9. The van der Waals surface area contributed by atoms with Crippen LogP contribution in [0.1, 0.15) is 33.7 Å². The number of nitrogens with zero attached hydrogens (tertiary/aromatic N) is 4. The fourth-order valence-corrected chi connectivity index (χ4v) is 5.91. The molecule has 1 unspecified atom stereocenters. The van der Waals surface area contributed by atoms with Gasteiger partial charge in [0.25, 0.3) is 5.91 Å². The number of carbonyl (C=O) groups excluding carboxylic acids is 1. The Kier molecular flexibility index (Phi) is 8.02. The van der Waals surface area contributed by atoms with Crippen LogP contribution in [0.15, 0.2) is 53.6 Å². The van der Waals surface area contributed by atoms with Gasteiger partial charge in [-0.2, -0.15) is 18.4 Å². The van der Waals surface area contributed by atoms with Crippen molar-refractivity contribution >= 4 is 45.7 Å². The van der Waals surface area contributed by atoms with E-state index in [2.05, 4.69) is 15.3 Å². The van der Waals surface area contributed by atoms with Crippen molar-refractivity contribution in [1.82, 2.24) is 15.3 Å². The van der Waals surface area contributed by atoms with Crippen LogP contribution in [0.3, 0.4) is 0 Å². The Morgan fingerprint density at radius 3 is 2.62 bits per heavy atom. The number of rotatable bonds is 6. The van der Waals surface area contributed by atoms with Crippen molar-refractivity contribution in [3.63, 3.8) is 0 Å². The first-order chi connectivity index (χ1) is 17.6. The van der Waals surface area contributed by atoms with Gasteiger partial charge in [0.15, 0.2) is 0 Å². The van der Waals surface area contributed by atoms with Crippen LogP contribution in [-0.4, -0.2) is 38.4 Å². The maximum atomic E-state index is 13.2. The van der Waals surface area contributed by atoms with E-state index in [0.29, 0.717) is 28.4 Å². The lowest BCUT2D eigenvalue weighted by atomic mass is 10.1. The first-order valence-electron chi connectivity index (χ1n) is 10.9. The van der Waals surface area contributed by atoms with Gasteiger partial charge in [0.2, 0.25) is 5.82 Å². The standard InChI is InChI=1S/C24H18Cl2F3N5O2S/c25-18-2-1-3-19(21(18)26)37(36)16-8-9-34(13-16)22-17(12-31-20(10-30)33-22)23(35)32-11-14-4-6-15(7-5-14)24(27,28)29/h1-7,12,16H,8-9,11,13H2,(H,32,35)/t16-,37?/m0/s1. The lowest BCUT2D eigenvalue weighted by molar-refractivity contribution is -0.137. The molecular weight excluding hydrogens is 550 g/mol. The molecule has 2 atom stereocenters. The van der Waals surface area contributed by atoms with E-state index in [1.54, 1.807) is 23.1 Å². The number of hydrogen-bond donors (Lipinski definition) is 1. The molecule has 0 aliphatic carbocycles. The zero-order valence-corrected chi connectivity index (χ0v) is 21.3. The summed E-state index contributed by atoms with van der Waals surface area (Å²) in [4.78, 5) is 23.2. The van der Waals surface area contributed by atoms with Crippen LogP contribution in [0, 0.1) is 11.3 Å². The van der Waals surface area contributed by atoms with E-state index in [1.807, 2.05) is 6.07 Å². The molecule has 1 saturated heterocycles. The number of carbonyl (C=O) groups is 1. The summed E-state index contributed by atoms with van der Waals surface area (Å²) in [6.07, 6.45) is -2.72. The molecule has 2 heterocycles. The number of benzene rings is 2. The molecule has 1 aromatic heterocycles. The van der Waals surface area contributed by atoms with Crippen molar-refractivity contribution in [2.75, 3.05) is 18.0 Å². The second kappa shape index (κ2) is 11.0. The third kappa shape index (κ3) is 6.04. The van der Waals surface area contributed by atoms with Gasteiger partial charge in [0, 0.05) is 25.8 Å². The maximum absolute atomic E-state index is 13.2. The number of nitriles is 1. The van der Waals surface area contributed by atoms with E-state index >= 15 is 0 Å². The fourth-order valence-electron chi connectivity index (χ4n) is 3.83. The van der Waals surface area contributed by atoms with Crippen molar-refractivity contribution in [3.8, 4) is 6.07 Å². The molecule has 1 aliphatic rings. The lowest BCUT2D eigenvalue weighted by Crippen LogP contribution is -2.30. The van der Waals surface area contributed by atoms with Crippen molar-refractivity contribution in [2.24, 2.45) is 0 Å². The summed E-state index contributed by atoms with van der Waals surface area (Å²) >= 11 is 12.3. The second-order valence-electron chi connectivity index (χ2n) is 8.13. The quantitative estimate of drug-likeness (QED) is 0.450. The number of halogens is 5. The van der Waals surface area contributed by atoms with Gasteiger partial charge in [-0.3, -0.25) is 9.00 Å². The number of hydrogen-bond acceptors (Lipinski definition) is 6. The monoisotopic (exact) mass is 567 g/mol. The van der Waals surface area contributed by atoms with E-state index in [1.165, 1.54) is 18.3 Å². The first kappa shape index (κ1) is 26.9. The minimum Gasteiger partial charge on any atom is -0.355 e. The van der Waals surface area contributed by atoms with Gasteiger partial charge in [0.1, 0.15) is 17.5 Å². The van der Waals surface area contributed by atoms with Crippen LogP contribution in [0.5, 0.6) is 0 Å². The summed E-state index contributed by atoms with van der Waals surface area (Å²) in [5.41, 5.74) is -0.240. The minimum atomic E-state index is -4.45. The third-order valence-electron chi connectivity index (χ3n) is 5.73. The molecule has 1 aliphatic heterocycles. The summed E-state index contributed by atoms with van der Waals surface area (Å²) in [5.74, 6) is -0.508. The predicted molar refractivity (Wildman–Crippen MR) is 133 cm³/mol. The molecular formula is C24H18Cl2F3N5O2S. The van der Waals surface area contributed by atoms with Gasteiger partial charge in [-0.1, -0.05) is 41.4 Å². The number of aromatic nitrogens is 2. The van der Waals surface area contributed by atoms with Crippen molar-refractivity contribution in [2.45, 2.75) is 29.3 Å². The minimum absolute atomic E-state index is 0.0314. The molecule has 1 fully saturated rings. The van der Waals surface area contributed by atoms with Crippen LogP contribution in [0.25, 0.3) is 0 Å². The Bertz CT molecular complexity index is 1400. The zero-order valence-electron chi connectivity index (χ0n) is 18.9. The zero-order chi connectivity index (χ0) is 26.7. The van der Waals surface area contributed by atoms with Gasteiger partial charge in [-0.15, -0.1) is 0 Å². The lowest BCUT2D eigenvalue weighted by Gasteiger charge is -2.20. The summed E-state index contributed by atoms with van der Waals surface area (Å²) in [5, 5.41) is 12.1. The molecule has 1 N–H and O–H groups in total. The van der Waals surface area contributed by atoms with E-state index in [9.17, 15) is 27.4 Å². The molecule has 0 spiro atoms. The smallest absolute Gasteiger partial charge is 0.355 e. The molecule has 13 heteroatoms. The largest absolute Gasteiger partial charge is 0.416 e. The van der Waals surface area contributed by atoms with Gasteiger partial charge in [-0.25, -0.2) is 9.97 Å². The molecule has 3 aromatic rings. The molecule has 192 valence electrons. The van der Waals surface area contributed by atoms with Gasteiger partial charge < -0.3 is 10.2 Å². The van der Waals surface area contributed by atoms with Crippen LogP contribution >= 0.6 is 23.2 Å².